The van der Waals surface area contributed by atoms with Gasteiger partial charge >= 0.3 is 0 Å². The fourth-order valence-electron chi connectivity index (χ4n) is 4.49. The Balaban J connectivity index is 2.28. The average Bonchev–Trinajstić information content (AvgIpc) is 2.97. The largest absolute Gasteiger partial charge is 0.238 e. The molecule has 0 fully saturated rings. The first-order chi connectivity index (χ1) is 11.4. The van der Waals surface area contributed by atoms with E-state index in [0.717, 1.165) is 6.42 Å². The predicted molar refractivity (Wildman–Crippen MR) is 108 cm³/mol. The molecule has 1 heteroatoms. The smallest absolute Gasteiger partial charge is 0.0870 e. The molecule has 0 N–H and O–H groups in total. The van der Waals surface area contributed by atoms with Gasteiger partial charge in [0.15, 0.2) is 0 Å². The summed E-state index contributed by atoms with van der Waals surface area (Å²) in [5.41, 5.74) is 12.8. The van der Waals surface area contributed by atoms with Gasteiger partial charge in [-0.15, -0.1) is 0 Å². The zero-order valence-electron chi connectivity index (χ0n) is 15.8. The number of hydrogen-bond acceptors (Lipinski definition) is 0. The van der Waals surface area contributed by atoms with Crippen molar-refractivity contribution < 1.29 is 0 Å². The molecule has 0 amide bonds. The van der Waals surface area contributed by atoms with Gasteiger partial charge in [0.1, 0.15) is 0 Å². The Hall–Kier alpha value is -2.02. The molecule has 0 saturated heterocycles. The molecular formula is C23H27B. The highest BCUT2D eigenvalue weighted by Crippen LogP contribution is 2.20. The number of aryl methyl sites for hydroxylation is 6. The van der Waals surface area contributed by atoms with Crippen molar-refractivity contribution in [2.45, 2.75) is 48.0 Å². The summed E-state index contributed by atoms with van der Waals surface area (Å²) in [6.07, 6.45) is 7.87. The van der Waals surface area contributed by atoms with E-state index in [0.29, 0.717) is 6.71 Å². The summed E-state index contributed by atoms with van der Waals surface area (Å²) >= 11 is 0. The molecule has 2 aromatic carbocycles. The molecule has 0 aliphatic heterocycles. The number of hydrogen-bond donors (Lipinski definition) is 0. The molecule has 0 aromatic heterocycles. The van der Waals surface area contributed by atoms with Gasteiger partial charge in [-0.25, -0.2) is 0 Å². The van der Waals surface area contributed by atoms with Crippen molar-refractivity contribution >= 4 is 17.6 Å². The Morgan fingerprint density at radius 1 is 0.667 bits per heavy atom. The Kier molecular flexibility index (Phi) is 4.54. The Morgan fingerprint density at radius 2 is 1.08 bits per heavy atom. The molecule has 0 nitrogen and oxygen atoms in total. The summed E-state index contributed by atoms with van der Waals surface area (Å²) in [5, 5.41) is 0. The van der Waals surface area contributed by atoms with Crippen molar-refractivity contribution in [2.24, 2.45) is 0 Å². The van der Waals surface area contributed by atoms with Gasteiger partial charge in [-0.05, 0) is 48.0 Å². The lowest BCUT2D eigenvalue weighted by molar-refractivity contribution is 1.32. The van der Waals surface area contributed by atoms with E-state index in [1.165, 1.54) is 49.8 Å². The molecule has 2 aromatic rings. The van der Waals surface area contributed by atoms with Crippen molar-refractivity contribution in [1.29, 1.82) is 0 Å². The zero-order valence-corrected chi connectivity index (χ0v) is 15.8. The standard InChI is InChI=1S/C23H27B/c1-15-11-17(3)22(18(4)12-15)24(21-9-7-8-10-21)23-19(5)13-16(2)14-20(23)6/h7-9,11-14H,10H2,1-6H3. The van der Waals surface area contributed by atoms with Crippen LogP contribution in [-0.4, -0.2) is 6.71 Å². The van der Waals surface area contributed by atoms with Gasteiger partial charge in [-0.1, -0.05) is 92.3 Å². The van der Waals surface area contributed by atoms with Crippen LogP contribution in [0, 0.1) is 41.5 Å². The van der Waals surface area contributed by atoms with E-state index in [2.05, 4.69) is 84.0 Å². The van der Waals surface area contributed by atoms with Gasteiger partial charge in [0.2, 0.25) is 6.71 Å². The lowest BCUT2D eigenvalue weighted by Gasteiger charge is -2.25. The summed E-state index contributed by atoms with van der Waals surface area (Å²) in [5.74, 6) is 0. The van der Waals surface area contributed by atoms with Crippen LogP contribution >= 0.6 is 0 Å². The van der Waals surface area contributed by atoms with Crippen LogP contribution in [0.1, 0.15) is 39.8 Å². The van der Waals surface area contributed by atoms with E-state index in [-0.39, 0.29) is 0 Å². The van der Waals surface area contributed by atoms with Gasteiger partial charge in [0.05, 0.1) is 0 Å². The molecular weight excluding hydrogens is 287 g/mol. The maximum atomic E-state index is 2.33. The molecule has 0 heterocycles. The normalized spacial score (nSPS) is 13.3. The second-order valence-corrected chi connectivity index (χ2v) is 7.43. The highest BCUT2D eigenvalue weighted by Gasteiger charge is 2.29. The third kappa shape index (κ3) is 3.00. The SMILES string of the molecule is Cc1cc(C)c(B(C2=CC=CC2)c2c(C)cc(C)cc2C)c(C)c1. The Labute approximate surface area is 147 Å². The molecule has 0 bridgehead atoms. The Morgan fingerprint density at radius 3 is 1.42 bits per heavy atom. The van der Waals surface area contributed by atoms with Gasteiger partial charge in [-0.2, -0.15) is 0 Å². The molecule has 0 atom stereocenters. The van der Waals surface area contributed by atoms with Crippen LogP contribution in [0.5, 0.6) is 0 Å². The zero-order chi connectivity index (χ0) is 17.4. The molecule has 24 heavy (non-hydrogen) atoms. The van der Waals surface area contributed by atoms with E-state index in [4.69, 9.17) is 0 Å². The summed E-state index contributed by atoms with van der Waals surface area (Å²) in [6.45, 7) is 13.8. The monoisotopic (exact) mass is 314 g/mol. The van der Waals surface area contributed by atoms with Crippen molar-refractivity contribution in [3.05, 3.63) is 81.3 Å². The first kappa shape index (κ1) is 16.8. The van der Waals surface area contributed by atoms with E-state index >= 15 is 0 Å². The first-order valence-corrected chi connectivity index (χ1v) is 8.89. The van der Waals surface area contributed by atoms with E-state index in [9.17, 15) is 0 Å². The molecule has 0 radical (unpaired) electrons. The minimum absolute atomic E-state index is 0.362. The van der Waals surface area contributed by atoms with Gasteiger partial charge in [-0.3, -0.25) is 0 Å². The van der Waals surface area contributed by atoms with Crippen LogP contribution in [0.25, 0.3) is 0 Å². The average molecular weight is 314 g/mol. The van der Waals surface area contributed by atoms with Crippen LogP contribution in [0.4, 0.5) is 0 Å². The summed E-state index contributed by atoms with van der Waals surface area (Å²) < 4.78 is 0. The van der Waals surface area contributed by atoms with Crippen LogP contribution < -0.4 is 10.9 Å². The van der Waals surface area contributed by atoms with Crippen LogP contribution in [0.15, 0.2) is 48.0 Å². The number of allylic oxidation sites excluding steroid dienone is 4. The fourth-order valence-corrected chi connectivity index (χ4v) is 4.49. The summed E-state index contributed by atoms with van der Waals surface area (Å²) in [6, 6.07) is 9.32. The van der Waals surface area contributed by atoms with Crippen molar-refractivity contribution in [3.8, 4) is 0 Å². The van der Waals surface area contributed by atoms with Crippen molar-refractivity contribution in [1.82, 2.24) is 0 Å². The summed E-state index contributed by atoms with van der Waals surface area (Å²) in [7, 11) is 0. The topological polar surface area (TPSA) is 0 Å². The van der Waals surface area contributed by atoms with Crippen LogP contribution in [-0.2, 0) is 0 Å². The van der Waals surface area contributed by atoms with Gasteiger partial charge in [0, 0.05) is 0 Å². The Bertz CT molecular complexity index is 749. The summed E-state index contributed by atoms with van der Waals surface area (Å²) in [4.78, 5) is 0. The lowest BCUT2D eigenvalue weighted by Crippen LogP contribution is -2.49. The van der Waals surface area contributed by atoms with Crippen LogP contribution in [0.2, 0.25) is 0 Å². The van der Waals surface area contributed by atoms with E-state index < -0.39 is 0 Å². The number of rotatable bonds is 3. The third-order valence-electron chi connectivity index (χ3n) is 5.22. The van der Waals surface area contributed by atoms with E-state index in [1.807, 2.05) is 0 Å². The molecule has 0 saturated carbocycles. The highest BCUT2D eigenvalue weighted by atomic mass is 14.1. The van der Waals surface area contributed by atoms with E-state index in [1.54, 1.807) is 0 Å². The molecule has 1 aliphatic carbocycles. The second kappa shape index (κ2) is 6.47. The molecule has 3 rings (SSSR count). The minimum Gasteiger partial charge on any atom is -0.0870 e. The van der Waals surface area contributed by atoms with Crippen molar-refractivity contribution in [3.63, 3.8) is 0 Å². The first-order valence-electron chi connectivity index (χ1n) is 8.89. The highest BCUT2D eigenvalue weighted by molar-refractivity contribution is 6.92. The van der Waals surface area contributed by atoms with Crippen LogP contribution in [0.3, 0.4) is 0 Å². The maximum Gasteiger partial charge on any atom is 0.238 e. The van der Waals surface area contributed by atoms with Gasteiger partial charge in [0.25, 0.3) is 0 Å². The van der Waals surface area contributed by atoms with Crippen molar-refractivity contribution in [2.75, 3.05) is 0 Å². The molecule has 122 valence electrons. The third-order valence-corrected chi connectivity index (χ3v) is 5.22. The predicted octanol–water partition coefficient (Wildman–Crippen LogP) is 4.57. The second-order valence-electron chi connectivity index (χ2n) is 7.43. The quantitative estimate of drug-likeness (QED) is 0.728. The fraction of sp³-hybridized carbons (Fsp3) is 0.304. The van der Waals surface area contributed by atoms with Gasteiger partial charge < -0.3 is 0 Å². The molecule has 0 unspecified atom stereocenters. The number of benzene rings is 2. The minimum atomic E-state index is 0.362. The molecule has 0 spiro atoms. The lowest BCUT2D eigenvalue weighted by atomic mass is 9.33. The maximum absolute atomic E-state index is 2.33. The molecule has 1 aliphatic rings.